The monoisotopic (exact) mass is 340 g/mol. The third-order valence-electron chi connectivity index (χ3n) is 3.68. The van der Waals surface area contributed by atoms with E-state index in [2.05, 4.69) is 0 Å². The zero-order valence-corrected chi connectivity index (χ0v) is 12.1. The molecule has 1 amide bonds. The van der Waals surface area contributed by atoms with Gasteiger partial charge in [-0.15, -0.1) is 0 Å². The highest BCUT2D eigenvalue weighted by Crippen LogP contribution is 2.39. The van der Waals surface area contributed by atoms with Gasteiger partial charge in [-0.3, -0.25) is 4.79 Å². The van der Waals surface area contributed by atoms with E-state index in [9.17, 15) is 31.1 Å². The molecule has 0 atom stereocenters. The zero-order chi connectivity index (χ0) is 17.4. The number of hydrogen-bond donors (Lipinski definition) is 0. The molecule has 23 heavy (non-hydrogen) atoms. The Morgan fingerprint density at radius 1 is 0.913 bits per heavy atom. The Labute approximate surface area is 128 Å². The fourth-order valence-electron chi connectivity index (χ4n) is 2.42. The molecule has 0 N–H and O–H groups in total. The summed E-state index contributed by atoms with van der Waals surface area (Å²) in [6.45, 7) is 0.945. The number of likely N-dealkylation sites (N-methyl/N-ethyl adjacent to an activating group) is 1. The molecular weight excluding hydrogens is 326 g/mol. The van der Waals surface area contributed by atoms with Crippen molar-refractivity contribution in [2.24, 2.45) is 0 Å². The van der Waals surface area contributed by atoms with Crippen molar-refractivity contribution in [3.05, 3.63) is 34.9 Å². The molecule has 1 fully saturated rings. The van der Waals surface area contributed by atoms with Crippen molar-refractivity contribution in [3.8, 4) is 0 Å². The summed E-state index contributed by atoms with van der Waals surface area (Å²) in [7, 11) is 1.76. The van der Waals surface area contributed by atoms with Gasteiger partial charge in [0.05, 0.1) is 16.7 Å². The molecule has 1 aliphatic heterocycles. The summed E-state index contributed by atoms with van der Waals surface area (Å²) >= 11 is 0. The summed E-state index contributed by atoms with van der Waals surface area (Å²) in [6, 6.07) is 1.66. The Kier molecular flexibility index (Phi) is 4.61. The molecule has 0 aliphatic carbocycles. The minimum atomic E-state index is -5.04. The second kappa shape index (κ2) is 6.03. The van der Waals surface area contributed by atoms with E-state index in [0.717, 1.165) is 4.90 Å². The predicted octanol–water partition coefficient (Wildman–Crippen LogP) is 3.11. The van der Waals surface area contributed by atoms with Gasteiger partial charge in [0.1, 0.15) is 0 Å². The molecule has 0 radical (unpaired) electrons. The molecule has 128 valence electrons. The van der Waals surface area contributed by atoms with Gasteiger partial charge < -0.3 is 9.80 Å². The van der Waals surface area contributed by atoms with Crippen LogP contribution in [0.3, 0.4) is 0 Å². The third kappa shape index (κ3) is 3.77. The van der Waals surface area contributed by atoms with E-state index >= 15 is 0 Å². The smallest absolute Gasteiger partial charge is 0.336 e. The predicted molar refractivity (Wildman–Crippen MR) is 69.8 cm³/mol. The normalized spacial score (nSPS) is 17.4. The van der Waals surface area contributed by atoms with Gasteiger partial charge in [0.25, 0.3) is 5.91 Å². The maximum absolute atomic E-state index is 13.1. The van der Waals surface area contributed by atoms with Gasteiger partial charge in [-0.2, -0.15) is 26.3 Å². The zero-order valence-electron chi connectivity index (χ0n) is 12.1. The Bertz CT molecular complexity index is 556. The van der Waals surface area contributed by atoms with Crippen LogP contribution in [0.2, 0.25) is 0 Å². The minimum Gasteiger partial charge on any atom is -0.336 e. The van der Waals surface area contributed by atoms with E-state index in [0.29, 0.717) is 31.3 Å². The Morgan fingerprint density at radius 3 is 1.74 bits per heavy atom. The number of hydrogen-bond acceptors (Lipinski definition) is 2. The van der Waals surface area contributed by atoms with E-state index in [1.807, 2.05) is 4.90 Å². The maximum atomic E-state index is 13.1. The minimum absolute atomic E-state index is 0.0822. The van der Waals surface area contributed by atoms with Crippen LogP contribution in [-0.4, -0.2) is 48.9 Å². The van der Waals surface area contributed by atoms with Gasteiger partial charge in [0.2, 0.25) is 0 Å². The Hall–Kier alpha value is -1.77. The van der Waals surface area contributed by atoms with Crippen LogP contribution in [0.25, 0.3) is 0 Å². The second-order valence-corrected chi connectivity index (χ2v) is 5.32. The summed E-state index contributed by atoms with van der Waals surface area (Å²) in [5.41, 5.74) is -4.44. The topological polar surface area (TPSA) is 23.6 Å². The van der Waals surface area contributed by atoms with Gasteiger partial charge in [0, 0.05) is 26.2 Å². The molecule has 1 heterocycles. The third-order valence-corrected chi connectivity index (χ3v) is 3.68. The number of rotatable bonds is 1. The summed E-state index contributed by atoms with van der Waals surface area (Å²) < 4.78 is 78.4. The van der Waals surface area contributed by atoms with Crippen LogP contribution >= 0.6 is 0 Å². The van der Waals surface area contributed by atoms with E-state index < -0.39 is 35.0 Å². The Morgan fingerprint density at radius 2 is 1.35 bits per heavy atom. The lowest BCUT2D eigenvalue weighted by molar-refractivity contribution is -0.143. The van der Waals surface area contributed by atoms with Crippen molar-refractivity contribution < 1.29 is 31.1 Å². The quantitative estimate of drug-likeness (QED) is 0.734. The maximum Gasteiger partial charge on any atom is 0.417 e. The van der Waals surface area contributed by atoms with Crippen LogP contribution < -0.4 is 0 Å². The van der Waals surface area contributed by atoms with E-state index in [1.165, 1.54) is 0 Å². The molecule has 1 aliphatic rings. The van der Waals surface area contributed by atoms with Crippen molar-refractivity contribution in [1.82, 2.24) is 9.80 Å². The summed E-state index contributed by atoms with van der Waals surface area (Å²) in [5.74, 6) is -1.24. The van der Waals surface area contributed by atoms with Gasteiger partial charge in [-0.25, -0.2) is 0 Å². The number of carbonyl (C=O) groups excluding carboxylic acids is 1. The molecule has 1 saturated heterocycles. The SMILES string of the molecule is CN1CCN(C(=O)c2c(C(F)(F)F)cccc2C(F)(F)F)CC1. The fraction of sp³-hybridized carbons (Fsp3) is 0.500. The fourth-order valence-corrected chi connectivity index (χ4v) is 2.42. The molecule has 0 unspecified atom stereocenters. The first-order valence-corrected chi connectivity index (χ1v) is 6.77. The first-order chi connectivity index (χ1) is 10.5. The van der Waals surface area contributed by atoms with Crippen LogP contribution in [0.5, 0.6) is 0 Å². The molecule has 1 aromatic carbocycles. The van der Waals surface area contributed by atoms with E-state index in [1.54, 1.807) is 7.05 Å². The number of benzene rings is 1. The highest BCUT2D eigenvalue weighted by molar-refractivity contribution is 5.97. The molecule has 0 saturated carbocycles. The number of halogens is 6. The number of nitrogens with zero attached hydrogens (tertiary/aromatic N) is 2. The summed E-state index contributed by atoms with van der Waals surface area (Å²) in [4.78, 5) is 15.2. The van der Waals surface area contributed by atoms with Crippen LogP contribution in [-0.2, 0) is 12.4 Å². The van der Waals surface area contributed by atoms with Gasteiger partial charge >= 0.3 is 12.4 Å². The highest BCUT2D eigenvalue weighted by Gasteiger charge is 2.43. The number of amides is 1. The van der Waals surface area contributed by atoms with Crippen molar-refractivity contribution in [3.63, 3.8) is 0 Å². The number of alkyl halides is 6. The highest BCUT2D eigenvalue weighted by atomic mass is 19.4. The Balaban J connectivity index is 2.52. The van der Waals surface area contributed by atoms with Gasteiger partial charge in [-0.1, -0.05) is 6.07 Å². The van der Waals surface area contributed by atoms with Crippen molar-refractivity contribution in [2.75, 3.05) is 33.2 Å². The van der Waals surface area contributed by atoms with E-state index in [-0.39, 0.29) is 13.1 Å². The average molecular weight is 340 g/mol. The lowest BCUT2D eigenvalue weighted by atomic mass is 9.98. The van der Waals surface area contributed by atoms with Crippen molar-refractivity contribution in [2.45, 2.75) is 12.4 Å². The summed E-state index contributed by atoms with van der Waals surface area (Å²) in [6.07, 6.45) is -10.1. The van der Waals surface area contributed by atoms with Gasteiger partial charge in [0.15, 0.2) is 0 Å². The lowest BCUT2D eigenvalue weighted by Gasteiger charge is -2.33. The molecule has 9 heteroatoms. The first kappa shape index (κ1) is 17.6. The number of piperazine rings is 1. The number of carbonyl (C=O) groups is 1. The average Bonchev–Trinajstić information content (AvgIpc) is 2.44. The summed E-state index contributed by atoms with van der Waals surface area (Å²) in [5, 5.41) is 0. The molecule has 0 spiro atoms. The molecule has 2 rings (SSSR count). The van der Waals surface area contributed by atoms with Crippen molar-refractivity contribution >= 4 is 5.91 Å². The van der Waals surface area contributed by atoms with Gasteiger partial charge in [-0.05, 0) is 19.2 Å². The second-order valence-electron chi connectivity index (χ2n) is 5.32. The molecular formula is C14H14F6N2O. The van der Waals surface area contributed by atoms with Crippen LogP contribution in [0, 0.1) is 0 Å². The molecule has 0 aromatic heterocycles. The standard InChI is InChI=1S/C14H14F6N2O/c1-21-5-7-22(8-6-21)12(23)11-9(13(15,16)17)3-2-4-10(11)14(18,19)20/h2-4H,5-8H2,1H3. The van der Waals surface area contributed by atoms with Crippen LogP contribution in [0.15, 0.2) is 18.2 Å². The molecule has 3 nitrogen and oxygen atoms in total. The largest absolute Gasteiger partial charge is 0.417 e. The molecule has 0 bridgehead atoms. The van der Waals surface area contributed by atoms with Crippen molar-refractivity contribution in [1.29, 1.82) is 0 Å². The molecule has 1 aromatic rings. The van der Waals surface area contributed by atoms with Crippen LogP contribution in [0.1, 0.15) is 21.5 Å². The lowest BCUT2D eigenvalue weighted by Crippen LogP contribution is -2.47. The van der Waals surface area contributed by atoms with Crippen LogP contribution in [0.4, 0.5) is 26.3 Å². The van der Waals surface area contributed by atoms with E-state index in [4.69, 9.17) is 0 Å². The first-order valence-electron chi connectivity index (χ1n) is 6.77.